The lowest BCUT2D eigenvalue weighted by atomic mass is 9.99. The van der Waals surface area contributed by atoms with Crippen LogP contribution in [0, 0.1) is 0 Å². The highest BCUT2D eigenvalue weighted by Crippen LogP contribution is 2.33. The number of amides is 2. The molecule has 32 heavy (non-hydrogen) atoms. The van der Waals surface area contributed by atoms with Gasteiger partial charge in [0.05, 0.1) is 16.7 Å². The Labute approximate surface area is 185 Å². The number of carbonyl (C=O) groups excluding carboxylic acids is 2. The lowest BCUT2D eigenvalue weighted by Gasteiger charge is -2.25. The van der Waals surface area contributed by atoms with Gasteiger partial charge in [0.25, 0.3) is 0 Å². The molecule has 2 aromatic carbocycles. The fourth-order valence-electron chi connectivity index (χ4n) is 3.72. The van der Waals surface area contributed by atoms with E-state index in [1.165, 1.54) is 6.20 Å². The summed E-state index contributed by atoms with van der Waals surface area (Å²) in [4.78, 5) is 26.0. The van der Waals surface area contributed by atoms with Gasteiger partial charge in [0.2, 0.25) is 5.91 Å². The summed E-state index contributed by atoms with van der Waals surface area (Å²) in [6.45, 7) is -1.79. The molecule has 2 N–H and O–H groups in total. The van der Waals surface area contributed by atoms with Crippen LogP contribution in [0.2, 0.25) is 5.02 Å². The minimum atomic E-state index is -4.61. The number of rotatable bonds is 4. The van der Waals surface area contributed by atoms with Crippen molar-refractivity contribution in [3.05, 3.63) is 64.3 Å². The highest BCUT2D eigenvalue weighted by molar-refractivity contribution is 6.35. The van der Waals surface area contributed by atoms with Crippen LogP contribution in [0.5, 0.6) is 0 Å². The van der Waals surface area contributed by atoms with Crippen molar-refractivity contribution in [2.24, 2.45) is 0 Å². The van der Waals surface area contributed by atoms with E-state index in [9.17, 15) is 22.8 Å². The molecule has 0 radical (unpaired) electrons. The molecule has 0 spiro atoms. The average Bonchev–Trinajstić information content (AvgIpc) is 3.19. The van der Waals surface area contributed by atoms with Crippen LogP contribution in [-0.2, 0) is 29.1 Å². The molecular weight excluding hydrogens is 449 g/mol. The number of halogens is 4. The largest absolute Gasteiger partial charge is 0.445 e. The number of benzene rings is 2. The average molecular weight is 467 g/mol. The number of ether oxygens (including phenoxy) is 1. The Kier molecular flexibility index (Phi) is 5.96. The van der Waals surface area contributed by atoms with Gasteiger partial charge in [-0.15, -0.1) is 0 Å². The summed E-state index contributed by atoms with van der Waals surface area (Å²) in [6.07, 6.45) is -4.10. The Hall–Kier alpha value is -3.27. The third-order valence-corrected chi connectivity index (χ3v) is 5.45. The maximum absolute atomic E-state index is 13.2. The molecule has 168 valence electrons. The number of nitrogens with one attached hydrogen (secondary N) is 2. The van der Waals surface area contributed by atoms with Crippen molar-refractivity contribution < 1.29 is 27.5 Å². The number of hydrogen-bond donors (Lipinski definition) is 2. The van der Waals surface area contributed by atoms with Crippen molar-refractivity contribution in [1.29, 1.82) is 0 Å². The van der Waals surface area contributed by atoms with Gasteiger partial charge in [-0.05, 0) is 22.8 Å². The van der Waals surface area contributed by atoms with Gasteiger partial charge < -0.3 is 15.0 Å². The predicted molar refractivity (Wildman–Crippen MR) is 110 cm³/mol. The number of aromatic amines is 1. The van der Waals surface area contributed by atoms with Gasteiger partial charge in [-0.1, -0.05) is 41.9 Å². The minimum absolute atomic E-state index is 0.0379. The van der Waals surface area contributed by atoms with E-state index in [4.69, 9.17) is 16.3 Å². The molecule has 0 aliphatic carbocycles. The van der Waals surface area contributed by atoms with E-state index < -0.39 is 30.8 Å². The topological polar surface area (TPSA) is 87.3 Å². The molecule has 7 nitrogen and oxygen atoms in total. The molecule has 0 bridgehead atoms. The Morgan fingerprint density at radius 1 is 1.31 bits per heavy atom. The molecule has 0 fully saturated rings. The van der Waals surface area contributed by atoms with Crippen LogP contribution < -0.4 is 5.32 Å². The number of carbonyl (C=O) groups is 2. The van der Waals surface area contributed by atoms with Crippen LogP contribution in [0.3, 0.4) is 0 Å². The van der Waals surface area contributed by atoms with Crippen molar-refractivity contribution >= 4 is 34.5 Å². The number of hydrogen-bond acceptors (Lipinski definition) is 4. The summed E-state index contributed by atoms with van der Waals surface area (Å²) in [5.74, 6) is -0.858. The van der Waals surface area contributed by atoms with Gasteiger partial charge >= 0.3 is 12.3 Å². The van der Waals surface area contributed by atoms with Crippen LogP contribution >= 0.6 is 11.6 Å². The molecule has 2 amide bonds. The van der Waals surface area contributed by atoms with E-state index in [1.807, 2.05) is 6.07 Å². The number of alkyl halides is 3. The fraction of sp³-hybridized carbons (Fsp3) is 0.286. The summed E-state index contributed by atoms with van der Waals surface area (Å²) in [6, 6.07) is 9.19. The molecule has 0 saturated heterocycles. The first-order chi connectivity index (χ1) is 15.2. The molecule has 4 rings (SSSR count). The van der Waals surface area contributed by atoms with Crippen LogP contribution in [0.15, 0.2) is 42.6 Å². The first-order valence-electron chi connectivity index (χ1n) is 9.67. The quantitative estimate of drug-likeness (QED) is 0.609. The van der Waals surface area contributed by atoms with Gasteiger partial charge in [0, 0.05) is 18.4 Å². The molecule has 1 aliphatic rings. The number of aromatic nitrogens is 2. The monoisotopic (exact) mass is 466 g/mol. The first-order valence-corrected chi connectivity index (χ1v) is 10.0. The molecule has 1 atom stereocenters. The molecule has 1 aromatic heterocycles. The van der Waals surface area contributed by atoms with Gasteiger partial charge in [-0.2, -0.15) is 18.3 Å². The second kappa shape index (κ2) is 8.70. The zero-order valence-electron chi connectivity index (χ0n) is 16.6. The summed E-state index contributed by atoms with van der Waals surface area (Å²) in [5.41, 5.74) is 2.25. The van der Waals surface area contributed by atoms with E-state index in [1.54, 1.807) is 30.3 Å². The normalized spacial score (nSPS) is 16.6. The van der Waals surface area contributed by atoms with Crippen molar-refractivity contribution in [1.82, 2.24) is 20.4 Å². The van der Waals surface area contributed by atoms with Gasteiger partial charge in [0.15, 0.2) is 0 Å². The second-order valence-corrected chi connectivity index (χ2v) is 7.83. The van der Waals surface area contributed by atoms with E-state index in [2.05, 4.69) is 15.5 Å². The van der Waals surface area contributed by atoms with Crippen molar-refractivity contribution in [3.63, 3.8) is 0 Å². The van der Waals surface area contributed by atoms with Gasteiger partial charge in [-0.3, -0.25) is 9.89 Å². The van der Waals surface area contributed by atoms with Crippen molar-refractivity contribution in [2.75, 3.05) is 6.54 Å². The van der Waals surface area contributed by atoms with Crippen LogP contribution in [0.25, 0.3) is 10.9 Å². The zero-order valence-corrected chi connectivity index (χ0v) is 17.3. The fourth-order valence-corrected chi connectivity index (χ4v) is 3.99. The number of fused-ring (bicyclic) bond motifs is 3. The summed E-state index contributed by atoms with van der Waals surface area (Å²) in [5, 5.41) is 9.88. The molecular formula is C21H18ClF3N4O3. The highest BCUT2D eigenvalue weighted by atomic mass is 35.5. The van der Waals surface area contributed by atoms with Crippen molar-refractivity contribution in [3.8, 4) is 0 Å². The van der Waals surface area contributed by atoms with E-state index in [-0.39, 0.29) is 19.6 Å². The van der Waals surface area contributed by atoms with Crippen LogP contribution in [0.1, 0.15) is 16.7 Å². The van der Waals surface area contributed by atoms with Crippen LogP contribution in [0.4, 0.5) is 18.0 Å². The lowest BCUT2D eigenvalue weighted by molar-refractivity contribution is -0.163. The number of alkyl carbamates (subject to hydrolysis) is 1. The highest BCUT2D eigenvalue weighted by Gasteiger charge is 2.39. The van der Waals surface area contributed by atoms with E-state index in [0.29, 0.717) is 32.0 Å². The molecule has 1 unspecified atom stereocenters. The smallest absolute Gasteiger partial charge is 0.408 e. The Balaban J connectivity index is 1.60. The standard InChI is InChI=1S/C21H18ClF3N4O3/c22-16-6-13-7-17(27-20(31)32-10-12-4-2-1-3-5-12)19(30)29(11-21(23,24)25)9-15(13)14-8-26-28-18(14)16/h1-6,8,17H,7,9-11H2,(H,26,28)(H,27,31). The number of H-pyrrole nitrogens is 1. The summed E-state index contributed by atoms with van der Waals surface area (Å²) >= 11 is 6.28. The Bertz CT molecular complexity index is 1150. The number of nitrogens with zero attached hydrogens (tertiary/aromatic N) is 2. The molecule has 0 saturated carbocycles. The Morgan fingerprint density at radius 2 is 2.06 bits per heavy atom. The SMILES string of the molecule is O=C(NC1Cc2cc(Cl)c3[nH]ncc3c2CN(CC(F)(F)F)C1=O)OCc1ccccc1. The minimum Gasteiger partial charge on any atom is -0.445 e. The van der Waals surface area contributed by atoms with Crippen LogP contribution in [-0.4, -0.2) is 45.9 Å². The van der Waals surface area contributed by atoms with E-state index in [0.717, 1.165) is 5.56 Å². The summed E-state index contributed by atoms with van der Waals surface area (Å²) in [7, 11) is 0. The van der Waals surface area contributed by atoms with Crippen molar-refractivity contribution in [2.45, 2.75) is 31.8 Å². The summed E-state index contributed by atoms with van der Waals surface area (Å²) < 4.78 is 44.7. The maximum Gasteiger partial charge on any atom is 0.408 e. The maximum atomic E-state index is 13.2. The molecule has 1 aliphatic heterocycles. The first kappa shape index (κ1) is 21.9. The molecule has 2 heterocycles. The zero-order chi connectivity index (χ0) is 22.9. The molecule has 3 aromatic rings. The molecule has 11 heteroatoms. The third kappa shape index (κ3) is 4.80. The van der Waals surface area contributed by atoms with E-state index >= 15 is 0 Å². The van der Waals surface area contributed by atoms with Gasteiger partial charge in [0.1, 0.15) is 19.2 Å². The predicted octanol–water partition coefficient (Wildman–Crippen LogP) is 3.96. The second-order valence-electron chi connectivity index (χ2n) is 7.43. The van der Waals surface area contributed by atoms with Gasteiger partial charge in [-0.25, -0.2) is 4.79 Å². The third-order valence-electron chi connectivity index (χ3n) is 5.15. The Morgan fingerprint density at radius 3 is 2.78 bits per heavy atom. The lowest BCUT2D eigenvalue weighted by Crippen LogP contribution is -2.50.